The lowest BCUT2D eigenvalue weighted by Crippen LogP contribution is -2.40. The molecule has 1 heterocycles. The van der Waals surface area contributed by atoms with Gasteiger partial charge in [-0.25, -0.2) is 0 Å². The molecule has 2 aromatic carbocycles. The number of fused-ring (bicyclic) bond motifs is 1. The largest absolute Gasteiger partial charge is 0.481 e. The number of carbonyl (C=O) groups is 1. The van der Waals surface area contributed by atoms with Crippen molar-refractivity contribution in [2.45, 2.75) is 13.0 Å². The summed E-state index contributed by atoms with van der Waals surface area (Å²) in [4.78, 5) is 27.8. The van der Waals surface area contributed by atoms with Crippen molar-refractivity contribution < 1.29 is 9.53 Å². The van der Waals surface area contributed by atoms with Crippen LogP contribution in [-0.2, 0) is 4.79 Å². The van der Waals surface area contributed by atoms with Crippen LogP contribution >= 0.6 is 23.8 Å². The summed E-state index contributed by atoms with van der Waals surface area (Å²) in [6.45, 7) is 1.56. The van der Waals surface area contributed by atoms with Gasteiger partial charge in [-0.3, -0.25) is 15.0 Å². The van der Waals surface area contributed by atoms with E-state index in [0.29, 0.717) is 21.7 Å². The zero-order chi connectivity index (χ0) is 18.0. The molecular formula is C17H14ClN3O3S. The Balaban J connectivity index is 1.84. The number of rotatable bonds is 4. The molecule has 25 heavy (non-hydrogen) atoms. The number of para-hydroxylation sites is 1. The van der Waals surface area contributed by atoms with Gasteiger partial charge < -0.3 is 9.72 Å². The van der Waals surface area contributed by atoms with Crippen molar-refractivity contribution in [1.82, 2.24) is 9.66 Å². The van der Waals surface area contributed by atoms with E-state index in [9.17, 15) is 9.59 Å². The van der Waals surface area contributed by atoms with Crippen molar-refractivity contribution in [1.29, 1.82) is 0 Å². The van der Waals surface area contributed by atoms with Gasteiger partial charge in [-0.1, -0.05) is 29.8 Å². The molecule has 0 aliphatic rings. The molecule has 0 saturated heterocycles. The fourth-order valence-electron chi connectivity index (χ4n) is 2.26. The zero-order valence-electron chi connectivity index (χ0n) is 13.2. The molecule has 0 unspecified atom stereocenters. The smallest absolute Gasteiger partial charge is 0.281 e. The minimum Gasteiger partial charge on any atom is -0.481 e. The van der Waals surface area contributed by atoms with Crippen molar-refractivity contribution >= 4 is 40.6 Å². The van der Waals surface area contributed by atoms with E-state index >= 15 is 0 Å². The Morgan fingerprint density at radius 1 is 1.28 bits per heavy atom. The molecule has 8 heteroatoms. The SMILES string of the molecule is C[C@@H](Oc1cccc(Cl)c1)C(=O)Nn1c(=S)[nH]c2ccccc2c1=O. The van der Waals surface area contributed by atoms with E-state index in [1.807, 2.05) is 0 Å². The van der Waals surface area contributed by atoms with E-state index in [1.54, 1.807) is 55.5 Å². The number of aromatic nitrogens is 2. The molecule has 1 amide bonds. The van der Waals surface area contributed by atoms with Crippen LogP contribution in [0.5, 0.6) is 5.75 Å². The molecule has 0 bridgehead atoms. The summed E-state index contributed by atoms with van der Waals surface area (Å²) in [5, 5.41) is 0.915. The fourth-order valence-corrected chi connectivity index (χ4v) is 2.68. The number of amides is 1. The summed E-state index contributed by atoms with van der Waals surface area (Å²) in [6.07, 6.45) is -0.855. The number of halogens is 1. The molecule has 0 radical (unpaired) electrons. The average molecular weight is 376 g/mol. The van der Waals surface area contributed by atoms with E-state index in [1.165, 1.54) is 0 Å². The van der Waals surface area contributed by atoms with Crippen molar-refractivity contribution in [2.24, 2.45) is 0 Å². The summed E-state index contributed by atoms with van der Waals surface area (Å²) < 4.78 is 6.63. The molecule has 6 nitrogen and oxygen atoms in total. The highest BCUT2D eigenvalue weighted by Gasteiger charge is 2.17. The maximum Gasteiger partial charge on any atom is 0.281 e. The zero-order valence-corrected chi connectivity index (χ0v) is 14.7. The van der Waals surface area contributed by atoms with Crippen molar-refractivity contribution in [3.63, 3.8) is 0 Å². The van der Waals surface area contributed by atoms with Crippen molar-refractivity contribution in [2.75, 3.05) is 5.43 Å². The molecule has 1 atom stereocenters. The lowest BCUT2D eigenvalue weighted by Gasteiger charge is -2.16. The number of nitrogens with zero attached hydrogens (tertiary/aromatic N) is 1. The van der Waals surface area contributed by atoms with Crippen molar-refractivity contribution in [3.05, 3.63) is 68.7 Å². The van der Waals surface area contributed by atoms with Gasteiger partial charge in [0.1, 0.15) is 5.75 Å². The van der Waals surface area contributed by atoms with Crippen LogP contribution in [-0.4, -0.2) is 21.7 Å². The van der Waals surface area contributed by atoms with Gasteiger partial charge in [-0.15, -0.1) is 0 Å². The van der Waals surface area contributed by atoms with Gasteiger partial charge in [0.15, 0.2) is 10.9 Å². The van der Waals surface area contributed by atoms with Crippen LogP contribution in [0.25, 0.3) is 10.9 Å². The molecule has 0 aliphatic carbocycles. The number of aromatic amines is 1. The second-order valence-electron chi connectivity index (χ2n) is 5.31. The van der Waals surface area contributed by atoms with Crippen LogP contribution in [0.15, 0.2) is 53.3 Å². The summed E-state index contributed by atoms with van der Waals surface area (Å²) in [6, 6.07) is 13.6. The van der Waals surface area contributed by atoms with Crippen LogP contribution in [0.2, 0.25) is 5.02 Å². The van der Waals surface area contributed by atoms with Gasteiger partial charge >= 0.3 is 0 Å². The predicted octanol–water partition coefficient (Wildman–Crippen LogP) is 3.25. The second-order valence-corrected chi connectivity index (χ2v) is 6.13. The van der Waals surface area contributed by atoms with E-state index in [2.05, 4.69) is 10.4 Å². The Kier molecular flexibility index (Phi) is 4.87. The summed E-state index contributed by atoms with van der Waals surface area (Å²) in [7, 11) is 0. The first-order chi connectivity index (χ1) is 12.0. The lowest BCUT2D eigenvalue weighted by molar-refractivity contribution is -0.123. The van der Waals surface area contributed by atoms with Gasteiger partial charge in [-0.05, 0) is 49.5 Å². The van der Waals surface area contributed by atoms with Crippen LogP contribution in [0.4, 0.5) is 0 Å². The normalized spacial score (nSPS) is 11.9. The van der Waals surface area contributed by atoms with E-state index in [-0.39, 0.29) is 4.77 Å². The number of carbonyl (C=O) groups excluding carboxylic acids is 1. The third-order valence-corrected chi connectivity index (χ3v) is 4.03. The summed E-state index contributed by atoms with van der Waals surface area (Å²) >= 11 is 11.0. The maximum absolute atomic E-state index is 12.5. The Morgan fingerprint density at radius 2 is 2.04 bits per heavy atom. The fraction of sp³-hybridized carbons (Fsp3) is 0.118. The number of nitrogens with one attached hydrogen (secondary N) is 2. The number of hydrogen-bond donors (Lipinski definition) is 2. The predicted molar refractivity (Wildman–Crippen MR) is 99.3 cm³/mol. The Bertz CT molecular complexity index is 1060. The molecule has 2 N–H and O–H groups in total. The van der Waals surface area contributed by atoms with Gasteiger partial charge in [0, 0.05) is 5.02 Å². The molecule has 0 aliphatic heterocycles. The summed E-state index contributed by atoms with van der Waals surface area (Å²) in [5.41, 5.74) is 2.67. The third kappa shape index (κ3) is 3.72. The molecule has 3 aromatic rings. The second kappa shape index (κ2) is 7.08. The first kappa shape index (κ1) is 17.2. The number of H-pyrrole nitrogens is 1. The third-order valence-electron chi connectivity index (χ3n) is 3.51. The standard InChI is InChI=1S/C17H14ClN3O3S/c1-10(24-12-6-4-5-11(18)9-12)15(22)20-21-16(23)13-7-2-3-8-14(13)19-17(21)25/h2-10H,1H3,(H,19,25)(H,20,22)/t10-/m1/s1. The monoisotopic (exact) mass is 375 g/mol. The van der Waals surface area contributed by atoms with E-state index in [4.69, 9.17) is 28.6 Å². The first-order valence-electron chi connectivity index (χ1n) is 7.43. The first-order valence-corrected chi connectivity index (χ1v) is 8.21. The van der Waals surface area contributed by atoms with Crippen molar-refractivity contribution in [3.8, 4) is 5.75 Å². The van der Waals surface area contributed by atoms with E-state index in [0.717, 1.165) is 4.68 Å². The highest BCUT2D eigenvalue weighted by molar-refractivity contribution is 7.71. The molecule has 3 rings (SSSR count). The number of hydrogen-bond acceptors (Lipinski definition) is 4. The van der Waals surface area contributed by atoms with Gasteiger partial charge in [0.05, 0.1) is 10.9 Å². The minimum atomic E-state index is -0.855. The van der Waals surface area contributed by atoms with Crippen LogP contribution < -0.4 is 15.7 Å². The molecular weight excluding hydrogens is 362 g/mol. The van der Waals surface area contributed by atoms with Crippen LogP contribution in [0.1, 0.15) is 6.92 Å². The van der Waals surface area contributed by atoms with Crippen LogP contribution in [0, 0.1) is 4.77 Å². The molecule has 128 valence electrons. The van der Waals surface area contributed by atoms with E-state index < -0.39 is 17.6 Å². The van der Waals surface area contributed by atoms with Gasteiger partial charge in [0.25, 0.3) is 11.5 Å². The number of ether oxygens (including phenoxy) is 1. The lowest BCUT2D eigenvalue weighted by atomic mass is 10.2. The average Bonchev–Trinajstić information content (AvgIpc) is 2.58. The Morgan fingerprint density at radius 3 is 2.80 bits per heavy atom. The highest BCUT2D eigenvalue weighted by atomic mass is 35.5. The van der Waals surface area contributed by atoms with Gasteiger partial charge in [-0.2, -0.15) is 4.68 Å². The maximum atomic E-state index is 12.5. The Hall–Kier alpha value is -2.64. The molecule has 0 fully saturated rings. The molecule has 0 spiro atoms. The van der Waals surface area contributed by atoms with Crippen LogP contribution in [0.3, 0.4) is 0 Å². The molecule has 0 saturated carbocycles. The molecule has 1 aromatic heterocycles. The summed E-state index contributed by atoms with van der Waals surface area (Å²) in [5.74, 6) is -0.0666. The number of benzene rings is 2. The highest BCUT2D eigenvalue weighted by Crippen LogP contribution is 2.18. The van der Waals surface area contributed by atoms with Gasteiger partial charge in [0.2, 0.25) is 0 Å². The Labute approximate surface area is 153 Å². The minimum absolute atomic E-state index is 0.0898. The topological polar surface area (TPSA) is 76.1 Å². The quantitative estimate of drug-likeness (QED) is 0.686.